The molecule has 146 valence electrons. The molecule has 2 atom stereocenters. The first kappa shape index (κ1) is 18.7. The second-order valence-electron chi connectivity index (χ2n) is 7.06. The van der Waals surface area contributed by atoms with Gasteiger partial charge in [0.15, 0.2) is 5.82 Å². The lowest BCUT2D eigenvalue weighted by Gasteiger charge is -2.28. The fraction of sp³-hybridized carbons (Fsp3) is 0.350. The minimum absolute atomic E-state index is 0.0623. The number of anilines is 1. The first-order valence-electron chi connectivity index (χ1n) is 9.37. The molecule has 28 heavy (non-hydrogen) atoms. The van der Waals surface area contributed by atoms with Crippen molar-refractivity contribution >= 4 is 33.4 Å². The fourth-order valence-electron chi connectivity index (χ4n) is 3.82. The number of nitrogen functional groups attached to an aromatic ring is 1. The van der Waals surface area contributed by atoms with Gasteiger partial charge < -0.3 is 15.8 Å². The van der Waals surface area contributed by atoms with Crippen molar-refractivity contribution < 1.29 is 9.53 Å². The van der Waals surface area contributed by atoms with Crippen molar-refractivity contribution in [3.05, 3.63) is 58.7 Å². The minimum atomic E-state index is -0.378. The van der Waals surface area contributed by atoms with E-state index in [4.69, 9.17) is 10.5 Å². The molecule has 0 radical (unpaired) electrons. The van der Waals surface area contributed by atoms with Crippen LogP contribution in [0.4, 0.5) is 10.6 Å². The summed E-state index contributed by atoms with van der Waals surface area (Å²) in [5.74, 6) is 1.62. The molecule has 1 amide bonds. The van der Waals surface area contributed by atoms with Gasteiger partial charge in [-0.3, -0.25) is 4.40 Å². The van der Waals surface area contributed by atoms with E-state index in [-0.39, 0.29) is 24.7 Å². The lowest BCUT2D eigenvalue weighted by atomic mass is 9.85. The number of nitrogens with zero attached hydrogens (tertiary/aromatic N) is 3. The number of hydrogen-bond acceptors (Lipinski definition) is 5. The molecular weight excluding hydrogens is 422 g/mol. The Morgan fingerprint density at radius 2 is 2.14 bits per heavy atom. The summed E-state index contributed by atoms with van der Waals surface area (Å²) in [6.07, 6.45) is 6.96. The third-order valence-electron chi connectivity index (χ3n) is 5.14. The summed E-state index contributed by atoms with van der Waals surface area (Å²) in [5.41, 5.74) is 7.76. The van der Waals surface area contributed by atoms with Gasteiger partial charge in [-0.1, -0.05) is 36.8 Å². The van der Waals surface area contributed by atoms with Gasteiger partial charge in [0.25, 0.3) is 0 Å². The van der Waals surface area contributed by atoms with Crippen molar-refractivity contribution in [2.45, 2.75) is 44.2 Å². The van der Waals surface area contributed by atoms with Crippen molar-refractivity contribution in [1.82, 2.24) is 19.7 Å². The molecule has 1 aromatic carbocycles. The minimum Gasteiger partial charge on any atom is -0.445 e. The zero-order valence-corrected chi connectivity index (χ0v) is 16.9. The maximum atomic E-state index is 12.2. The summed E-state index contributed by atoms with van der Waals surface area (Å²) in [4.78, 5) is 21.0. The smallest absolute Gasteiger partial charge is 0.407 e. The Labute approximate surface area is 171 Å². The predicted molar refractivity (Wildman–Crippen MR) is 110 cm³/mol. The number of amides is 1. The van der Waals surface area contributed by atoms with Gasteiger partial charge in [-0.25, -0.2) is 14.8 Å². The van der Waals surface area contributed by atoms with E-state index in [2.05, 4.69) is 31.2 Å². The molecule has 0 spiro atoms. The van der Waals surface area contributed by atoms with Crippen LogP contribution in [0.5, 0.6) is 0 Å². The van der Waals surface area contributed by atoms with E-state index < -0.39 is 0 Å². The molecule has 3 N–H and O–H groups in total. The highest BCUT2D eigenvalue weighted by Gasteiger charge is 2.28. The quantitative estimate of drug-likeness (QED) is 0.634. The van der Waals surface area contributed by atoms with Crippen molar-refractivity contribution in [3.8, 4) is 0 Å². The van der Waals surface area contributed by atoms with E-state index in [1.54, 1.807) is 6.20 Å². The number of alkyl carbamates (subject to hydrolysis) is 1. The maximum Gasteiger partial charge on any atom is 0.407 e. The molecule has 8 heteroatoms. The van der Waals surface area contributed by atoms with Gasteiger partial charge in [0.1, 0.15) is 22.6 Å². The van der Waals surface area contributed by atoms with E-state index in [0.29, 0.717) is 10.4 Å². The average Bonchev–Trinajstić information content (AvgIpc) is 3.05. The van der Waals surface area contributed by atoms with Crippen LogP contribution in [0.1, 0.15) is 43.0 Å². The summed E-state index contributed by atoms with van der Waals surface area (Å²) in [7, 11) is 0. The largest absolute Gasteiger partial charge is 0.445 e. The van der Waals surface area contributed by atoms with Crippen molar-refractivity contribution in [1.29, 1.82) is 0 Å². The second kappa shape index (κ2) is 8.18. The number of benzene rings is 1. The SMILES string of the molecule is Nc1nccn2c([C@H]3CCC[C@@H](NC(=O)OCc4ccccc4)C3)nc(Br)c12. The van der Waals surface area contributed by atoms with Crippen molar-refractivity contribution in [2.24, 2.45) is 0 Å². The Morgan fingerprint density at radius 1 is 1.32 bits per heavy atom. The number of ether oxygens (including phenoxy) is 1. The molecule has 3 aromatic rings. The van der Waals surface area contributed by atoms with Crippen LogP contribution in [0.15, 0.2) is 47.3 Å². The lowest BCUT2D eigenvalue weighted by Crippen LogP contribution is -2.38. The van der Waals surface area contributed by atoms with Crippen molar-refractivity contribution in [3.63, 3.8) is 0 Å². The molecule has 2 heterocycles. The summed E-state index contributed by atoms with van der Waals surface area (Å²) in [6, 6.07) is 9.73. The summed E-state index contributed by atoms with van der Waals surface area (Å²) in [5, 5.41) is 3.01. The van der Waals surface area contributed by atoms with Crippen LogP contribution >= 0.6 is 15.9 Å². The summed E-state index contributed by atoms with van der Waals surface area (Å²) in [6.45, 7) is 0.271. The number of carbonyl (C=O) groups excluding carboxylic acids is 1. The first-order valence-corrected chi connectivity index (χ1v) is 10.2. The van der Waals surface area contributed by atoms with E-state index in [1.807, 2.05) is 40.9 Å². The number of rotatable bonds is 4. The number of nitrogens with one attached hydrogen (secondary N) is 1. The highest BCUT2D eigenvalue weighted by atomic mass is 79.9. The van der Waals surface area contributed by atoms with E-state index >= 15 is 0 Å². The molecule has 1 fully saturated rings. The number of halogens is 1. The maximum absolute atomic E-state index is 12.2. The van der Waals surface area contributed by atoms with E-state index in [1.165, 1.54) is 0 Å². The van der Waals surface area contributed by atoms with Gasteiger partial charge in [-0.15, -0.1) is 0 Å². The Kier molecular flexibility index (Phi) is 5.47. The average molecular weight is 444 g/mol. The monoisotopic (exact) mass is 443 g/mol. The zero-order chi connectivity index (χ0) is 19.5. The van der Waals surface area contributed by atoms with Gasteiger partial charge in [-0.2, -0.15) is 0 Å². The molecule has 1 aliphatic rings. The van der Waals surface area contributed by atoms with Crippen molar-refractivity contribution in [2.75, 3.05) is 5.73 Å². The summed E-state index contributed by atoms with van der Waals surface area (Å²) < 4.78 is 8.05. The van der Waals surface area contributed by atoms with Gasteiger partial charge in [0, 0.05) is 24.4 Å². The molecule has 0 saturated heterocycles. The number of hydrogen-bond donors (Lipinski definition) is 2. The van der Waals surface area contributed by atoms with Crippen LogP contribution in [0.3, 0.4) is 0 Å². The van der Waals surface area contributed by atoms with Crippen LogP contribution in [0.25, 0.3) is 5.52 Å². The van der Waals surface area contributed by atoms with Crippen LogP contribution in [0, 0.1) is 0 Å². The molecule has 1 saturated carbocycles. The standard InChI is InChI=1S/C20H22BrN5O2/c21-17-16-18(22)23-9-10-26(16)19(25-17)14-7-4-8-15(11-14)24-20(27)28-12-13-5-2-1-3-6-13/h1-3,5-6,9-10,14-15H,4,7-8,11-12H2,(H2,22,23)(H,24,27)/t14-,15+/m0/s1. The van der Waals surface area contributed by atoms with Crippen LogP contribution < -0.4 is 11.1 Å². The van der Waals surface area contributed by atoms with Crippen LogP contribution in [-0.2, 0) is 11.3 Å². The molecule has 2 aromatic heterocycles. The van der Waals surface area contributed by atoms with Gasteiger partial charge >= 0.3 is 6.09 Å². The number of nitrogens with two attached hydrogens (primary N) is 1. The third kappa shape index (κ3) is 3.96. The number of aromatic nitrogens is 3. The second-order valence-corrected chi connectivity index (χ2v) is 7.81. The van der Waals surface area contributed by atoms with E-state index in [0.717, 1.165) is 42.6 Å². The lowest BCUT2D eigenvalue weighted by molar-refractivity contribution is 0.132. The zero-order valence-electron chi connectivity index (χ0n) is 15.3. The Balaban J connectivity index is 1.41. The molecule has 7 nitrogen and oxygen atoms in total. The Bertz CT molecular complexity index is 975. The van der Waals surface area contributed by atoms with Crippen LogP contribution in [0.2, 0.25) is 0 Å². The molecular formula is C20H22BrN5O2. The Hall–Kier alpha value is -2.61. The topological polar surface area (TPSA) is 94.5 Å². The third-order valence-corrected chi connectivity index (χ3v) is 5.69. The Morgan fingerprint density at radius 3 is 2.96 bits per heavy atom. The highest BCUT2D eigenvalue weighted by molar-refractivity contribution is 9.10. The molecule has 1 aliphatic carbocycles. The number of imidazole rings is 1. The molecule has 0 aliphatic heterocycles. The predicted octanol–water partition coefficient (Wildman–Crippen LogP) is 4.03. The molecule has 0 unspecified atom stereocenters. The highest BCUT2D eigenvalue weighted by Crippen LogP contribution is 2.35. The normalized spacial score (nSPS) is 19.5. The summed E-state index contributed by atoms with van der Waals surface area (Å²) >= 11 is 3.49. The number of carbonyl (C=O) groups is 1. The van der Waals surface area contributed by atoms with Gasteiger partial charge in [0.05, 0.1) is 0 Å². The van der Waals surface area contributed by atoms with Gasteiger partial charge in [0.2, 0.25) is 0 Å². The van der Waals surface area contributed by atoms with E-state index in [9.17, 15) is 4.79 Å². The van der Waals surface area contributed by atoms with Crippen LogP contribution in [-0.4, -0.2) is 26.5 Å². The first-order chi connectivity index (χ1) is 13.6. The molecule has 4 rings (SSSR count). The number of fused-ring (bicyclic) bond motifs is 1. The van der Waals surface area contributed by atoms with Gasteiger partial charge in [-0.05, 0) is 40.8 Å². The molecule has 0 bridgehead atoms. The fourth-order valence-corrected chi connectivity index (χ4v) is 4.39.